The van der Waals surface area contributed by atoms with Crippen molar-refractivity contribution >= 4 is 22.5 Å². The number of phenols is 1. The Bertz CT molecular complexity index is 808. The van der Waals surface area contributed by atoms with E-state index in [1.165, 1.54) is 0 Å². The Morgan fingerprint density at radius 3 is 2.64 bits per heavy atom. The summed E-state index contributed by atoms with van der Waals surface area (Å²) in [6.07, 6.45) is 0. The third-order valence-electron chi connectivity index (χ3n) is 3.64. The molecule has 0 saturated carbocycles. The van der Waals surface area contributed by atoms with Crippen LogP contribution in [0, 0.1) is 0 Å². The van der Waals surface area contributed by atoms with E-state index < -0.39 is 0 Å². The van der Waals surface area contributed by atoms with Crippen LogP contribution in [0.5, 0.6) is 11.5 Å². The Labute approximate surface area is 134 Å². The molecule has 0 aliphatic carbocycles. The zero-order valence-corrected chi connectivity index (χ0v) is 13.3. The number of hydrogen-bond donors (Lipinski definition) is 1. The first-order chi connectivity index (χ1) is 10.6. The molecule has 1 heterocycles. The summed E-state index contributed by atoms with van der Waals surface area (Å²) in [7, 11) is 0. The van der Waals surface area contributed by atoms with E-state index in [2.05, 4.69) is 24.5 Å². The predicted octanol–water partition coefficient (Wildman–Crippen LogP) is 5.16. The zero-order valence-electron chi connectivity index (χ0n) is 12.6. The minimum atomic E-state index is 0.151. The average Bonchev–Trinajstić information content (AvgIpc) is 2.84. The number of hydrogen-bond acceptors (Lipinski definition) is 2. The highest BCUT2D eigenvalue weighted by molar-refractivity contribution is 6.31. The average molecular weight is 316 g/mol. The van der Waals surface area contributed by atoms with Crippen molar-refractivity contribution in [2.45, 2.75) is 26.5 Å². The van der Waals surface area contributed by atoms with E-state index in [1.54, 1.807) is 18.2 Å². The fourth-order valence-electron chi connectivity index (χ4n) is 2.70. The van der Waals surface area contributed by atoms with Crippen LogP contribution in [0.25, 0.3) is 10.9 Å². The molecule has 0 unspecified atom stereocenters. The fraction of sp³-hybridized carbons (Fsp3) is 0.222. The topological polar surface area (TPSA) is 34.4 Å². The van der Waals surface area contributed by atoms with Gasteiger partial charge < -0.3 is 14.4 Å². The molecular formula is C18H18ClNO2. The first-order valence-electron chi connectivity index (χ1n) is 7.26. The molecule has 0 spiro atoms. The summed E-state index contributed by atoms with van der Waals surface area (Å²) in [6, 6.07) is 15.3. The maximum Gasteiger partial charge on any atom is 0.161 e. The van der Waals surface area contributed by atoms with E-state index in [9.17, 15) is 5.11 Å². The van der Waals surface area contributed by atoms with Gasteiger partial charge in [-0.2, -0.15) is 0 Å². The summed E-state index contributed by atoms with van der Waals surface area (Å²) in [5.74, 6) is 0.638. The van der Waals surface area contributed by atoms with E-state index in [0.29, 0.717) is 18.4 Å². The van der Waals surface area contributed by atoms with Crippen LogP contribution in [-0.2, 0) is 6.61 Å². The molecule has 1 N–H and O–H groups in total. The Morgan fingerprint density at radius 2 is 1.91 bits per heavy atom. The quantitative estimate of drug-likeness (QED) is 0.721. The summed E-state index contributed by atoms with van der Waals surface area (Å²) in [5.41, 5.74) is 2.15. The van der Waals surface area contributed by atoms with Crippen LogP contribution in [-0.4, -0.2) is 9.67 Å². The van der Waals surface area contributed by atoms with Crippen LogP contribution in [0.15, 0.2) is 48.5 Å². The summed E-state index contributed by atoms with van der Waals surface area (Å²) in [6.45, 7) is 4.65. The second-order valence-electron chi connectivity index (χ2n) is 5.56. The molecule has 0 atom stereocenters. The molecular weight excluding hydrogens is 298 g/mol. The van der Waals surface area contributed by atoms with Crippen LogP contribution in [0.1, 0.15) is 25.6 Å². The second-order valence-corrected chi connectivity index (χ2v) is 6.00. The third kappa shape index (κ3) is 2.77. The maximum atomic E-state index is 9.79. The number of aromatic hydroxyl groups is 1. The molecule has 0 aliphatic rings. The summed E-state index contributed by atoms with van der Waals surface area (Å²) >= 11 is 6.12. The zero-order chi connectivity index (χ0) is 15.7. The molecule has 22 heavy (non-hydrogen) atoms. The summed E-state index contributed by atoms with van der Waals surface area (Å²) in [5, 5.41) is 11.7. The number of fused-ring (bicyclic) bond motifs is 1. The molecule has 4 heteroatoms. The number of halogens is 1. The fourth-order valence-corrected chi connectivity index (χ4v) is 2.87. The summed E-state index contributed by atoms with van der Waals surface area (Å²) < 4.78 is 7.98. The number of rotatable bonds is 4. The van der Waals surface area contributed by atoms with Gasteiger partial charge in [0, 0.05) is 16.5 Å². The first-order valence-corrected chi connectivity index (χ1v) is 7.64. The van der Waals surface area contributed by atoms with Crippen molar-refractivity contribution < 1.29 is 9.84 Å². The van der Waals surface area contributed by atoms with Crippen molar-refractivity contribution in [1.29, 1.82) is 0 Å². The van der Waals surface area contributed by atoms with Gasteiger partial charge in [-0.25, -0.2) is 0 Å². The molecule has 3 rings (SSSR count). The normalized spacial score (nSPS) is 11.3. The molecule has 2 aromatic carbocycles. The minimum absolute atomic E-state index is 0.151. The van der Waals surface area contributed by atoms with Crippen molar-refractivity contribution in [3.63, 3.8) is 0 Å². The SMILES string of the molecule is CC(C)n1c(COc2ccccc2O)cc2ccc(Cl)cc21. The van der Waals surface area contributed by atoms with Crippen LogP contribution in [0.3, 0.4) is 0 Å². The lowest BCUT2D eigenvalue weighted by atomic mass is 10.2. The van der Waals surface area contributed by atoms with Crippen LogP contribution >= 0.6 is 11.6 Å². The lowest BCUT2D eigenvalue weighted by Crippen LogP contribution is -2.08. The Morgan fingerprint density at radius 1 is 1.14 bits per heavy atom. The smallest absolute Gasteiger partial charge is 0.161 e. The van der Waals surface area contributed by atoms with Crippen LogP contribution < -0.4 is 4.74 Å². The van der Waals surface area contributed by atoms with Crippen LogP contribution in [0.2, 0.25) is 5.02 Å². The standard InChI is InChI=1S/C18H18ClNO2/c1-12(2)20-15(9-13-7-8-14(19)10-16(13)20)11-22-18-6-4-3-5-17(18)21/h3-10,12,21H,11H2,1-2H3. The van der Waals surface area contributed by atoms with Gasteiger partial charge in [0.15, 0.2) is 11.5 Å². The lowest BCUT2D eigenvalue weighted by molar-refractivity contribution is 0.278. The second kappa shape index (κ2) is 5.93. The molecule has 1 aromatic heterocycles. The third-order valence-corrected chi connectivity index (χ3v) is 3.88. The van der Waals surface area contributed by atoms with Gasteiger partial charge in [-0.15, -0.1) is 0 Å². The van der Waals surface area contributed by atoms with Gasteiger partial charge in [-0.3, -0.25) is 0 Å². The van der Waals surface area contributed by atoms with Crippen molar-refractivity contribution in [3.05, 3.63) is 59.2 Å². The van der Waals surface area contributed by atoms with Crippen molar-refractivity contribution in [1.82, 2.24) is 4.57 Å². The molecule has 3 nitrogen and oxygen atoms in total. The molecule has 0 saturated heterocycles. The molecule has 0 amide bonds. The summed E-state index contributed by atoms with van der Waals surface area (Å²) in [4.78, 5) is 0. The van der Waals surface area contributed by atoms with Gasteiger partial charge in [0.1, 0.15) is 6.61 Å². The van der Waals surface area contributed by atoms with E-state index in [1.807, 2.05) is 24.3 Å². The Balaban J connectivity index is 1.96. The highest BCUT2D eigenvalue weighted by Gasteiger charge is 2.13. The number of para-hydroxylation sites is 2. The first kappa shape index (κ1) is 14.8. The Hall–Kier alpha value is -2.13. The van der Waals surface area contributed by atoms with Gasteiger partial charge >= 0.3 is 0 Å². The van der Waals surface area contributed by atoms with E-state index in [4.69, 9.17) is 16.3 Å². The van der Waals surface area contributed by atoms with Gasteiger partial charge in [0.2, 0.25) is 0 Å². The van der Waals surface area contributed by atoms with Crippen molar-refractivity contribution in [3.8, 4) is 11.5 Å². The van der Waals surface area contributed by atoms with Gasteiger partial charge in [-0.1, -0.05) is 29.8 Å². The predicted molar refractivity (Wildman–Crippen MR) is 89.8 cm³/mol. The Kier molecular flexibility index (Phi) is 3.99. The molecule has 3 aromatic rings. The molecule has 0 aliphatic heterocycles. The number of ether oxygens (including phenoxy) is 1. The van der Waals surface area contributed by atoms with E-state index in [-0.39, 0.29) is 5.75 Å². The van der Waals surface area contributed by atoms with E-state index in [0.717, 1.165) is 21.6 Å². The van der Waals surface area contributed by atoms with Gasteiger partial charge in [0.05, 0.1) is 11.2 Å². The molecule has 0 bridgehead atoms. The number of benzene rings is 2. The number of phenolic OH excluding ortho intramolecular Hbond substituents is 1. The van der Waals surface area contributed by atoms with Crippen LogP contribution in [0.4, 0.5) is 0 Å². The monoisotopic (exact) mass is 315 g/mol. The van der Waals surface area contributed by atoms with Gasteiger partial charge in [0.25, 0.3) is 0 Å². The number of aromatic nitrogens is 1. The van der Waals surface area contributed by atoms with Gasteiger partial charge in [-0.05, 0) is 44.2 Å². The van der Waals surface area contributed by atoms with E-state index >= 15 is 0 Å². The highest BCUT2D eigenvalue weighted by Crippen LogP contribution is 2.29. The van der Waals surface area contributed by atoms with Crippen molar-refractivity contribution in [2.75, 3.05) is 0 Å². The molecule has 0 fully saturated rings. The molecule has 114 valence electrons. The highest BCUT2D eigenvalue weighted by atomic mass is 35.5. The number of nitrogens with zero attached hydrogens (tertiary/aromatic N) is 1. The maximum absolute atomic E-state index is 9.79. The largest absolute Gasteiger partial charge is 0.504 e. The van der Waals surface area contributed by atoms with Crippen molar-refractivity contribution in [2.24, 2.45) is 0 Å². The lowest BCUT2D eigenvalue weighted by Gasteiger charge is -2.15. The minimum Gasteiger partial charge on any atom is -0.504 e. The molecule has 0 radical (unpaired) electrons.